The SMILES string of the molecule is COc1ccccc1CNCCc1scnc1C. The van der Waals surface area contributed by atoms with E-state index in [1.54, 1.807) is 18.4 Å². The zero-order valence-corrected chi connectivity index (χ0v) is 11.6. The van der Waals surface area contributed by atoms with Crippen LogP contribution in [0.1, 0.15) is 16.1 Å². The van der Waals surface area contributed by atoms with Gasteiger partial charge < -0.3 is 10.1 Å². The van der Waals surface area contributed by atoms with Gasteiger partial charge in [-0.05, 0) is 19.4 Å². The fraction of sp³-hybridized carbons (Fsp3) is 0.357. The fourth-order valence-corrected chi connectivity index (χ4v) is 2.62. The van der Waals surface area contributed by atoms with Gasteiger partial charge in [0.2, 0.25) is 0 Å². The molecule has 96 valence electrons. The van der Waals surface area contributed by atoms with Crippen molar-refractivity contribution in [2.45, 2.75) is 19.9 Å². The number of nitrogens with one attached hydrogen (secondary N) is 1. The van der Waals surface area contributed by atoms with Crippen LogP contribution in [0.4, 0.5) is 0 Å². The van der Waals surface area contributed by atoms with Crippen molar-refractivity contribution in [3.63, 3.8) is 0 Å². The van der Waals surface area contributed by atoms with Crippen LogP contribution in [0.5, 0.6) is 5.75 Å². The molecular formula is C14H18N2OS. The normalized spacial score (nSPS) is 10.6. The third kappa shape index (κ3) is 3.31. The average Bonchev–Trinajstić information content (AvgIpc) is 2.81. The Bertz CT molecular complexity index is 496. The maximum atomic E-state index is 5.32. The molecule has 1 aromatic carbocycles. The summed E-state index contributed by atoms with van der Waals surface area (Å²) in [5, 5.41) is 3.44. The quantitative estimate of drug-likeness (QED) is 0.813. The Morgan fingerprint density at radius 1 is 1.33 bits per heavy atom. The molecule has 0 amide bonds. The number of hydrogen-bond donors (Lipinski definition) is 1. The van der Waals surface area contributed by atoms with Gasteiger partial charge in [0.1, 0.15) is 5.75 Å². The molecule has 0 atom stereocenters. The van der Waals surface area contributed by atoms with Crippen molar-refractivity contribution in [3.05, 3.63) is 45.9 Å². The Labute approximate surface area is 112 Å². The maximum Gasteiger partial charge on any atom is 0.123 e. The second kappa shape index (κ2) is 6.52. The largest absolute Gasteiger partial charge is 0.496 e. The maximum absolute atomic E-state index is 5.32. The molecule has 2 rings (SSSR count). The number of methoxy groups -OCH3 is 1. The van der Waals surface area contributed by atoms with Crippen LogP contribution in [0.15, 0.2) is 29.8 Å². The summed E-state index contributed by atoms with van der Waals surface area (Å²) in [5.74, 6) is 0.943. The molecule has 2 aromatic rings. The van der Waals surface area contributed by atoms with Gasteiger partial charge >= 0.3 is 0 Å². The van der Waals surface area contributed by atoms with E-state index in [0.717, 1.165) is 31.0 Å². The van der Waals surface area contributed by atoms with E-state index in [0.29, 0.717) is 0 Å². The van der Waals surface area contributed by atoms with Crippen LogP contribution in [0.2, 0.25) is 0 Å². The number of aryl methyl sites for hydroxylation is 1. The van der Waals surface area contributed by atoms with Crippen molar-refractivity contribution in [1.29, 1.82) is 0 Å². The summed E-state index contributed by atoms with van der Waals surface area (Å²) in [4.78, 5) is 5.62. The van der Waals surface area contributed by atoms with Gasteiger partial charge in [0.05, 0.1) is 18.3 Å². The molecule has 1 N–H and O–H groups in total. The summed E-state index contributed by atoms with van der Waals surface area (Å²) in [6.07, 6.45) is 1.03. The van der Waals surface area contributed by atoms with Crippen LogP contribution in [-0.4, -0.2) is 18.6 Å². The highest BCUT2D eigenvalue weighted by Crippen LogP contribution is 2.17. The molecule has 4 heteroatoms. The number of rotatable bonds is 6. The first-order valence-corrected chi connectivity index (χ1v) is 6.91. The van der Waals surface area contributed by atoms with Gasteiger partial charge in [-0.15, -0.1) is 11.3 Å². The van der Waals surface area contributed by atoms with Crippen LogP contribution < -0.4 is 10.1 Å². The van der Waals surface area contributed by atoms with Gasteiger partial charge in [-0.2, -0.15) is 0 Å². The zero-order valence-electron chi connectivity index (χ0n) is 10.8. The van der Waals surface area contributed by atoms with Gasteiger partial charge in [-0.25, -0.2) is 4.98 Å². The van der Waals surface area contributed by atoms with Crippen molar-refractivity contribution in [3.8, 4) is 5.75 Å². The molecule has 1 heterocycles. The minimum Gasteiger partial charge on any atom is -0.496 e. The topological polar surface area (TPSA) is 34.1 Å². The molecule has 0 saturated carbocycles. The Morgan fingerprint density at radius 3 is 2.89 bits per heavy atom. The van der Waals surface area contributed by atoms with E-state index < -0.39 is 0 Å². The van der Waals surface area contributed by atoms with E-state index in [2.05, 4.69) is 23.3 Å². The molecular weight excluding hydrogens is 244 g/mol. The lowest BCUT2D eigenvalue weighted by Crippen LogP contribution is -2.17. The van der Waals surface area contributed by atoms with Gasteiger partial charge in [0, 0.05) is 23.5 Å². The molecule has 18 heavy (non-hydrogen) atoms. The number of ether oxygens (including phenoxy) is 1. The highest BCUT2D eigenvalue weighted by atomic mass is 32.1. The Kier molecular flexibility index (Phi) is 4.73. The molecule has 0 aliphatic rings. The number of benzene rings is 1. The molecule has 0 aliphatic heterocycles. The minimum absolute atomic E-state index is 0.835. The monoisotopic (exact) mass is 262 g/mol. The fourth-order valence-electron chi connectivity index (χ4n) is 1.84. The second-order valence-electron chi connectivity index (χ2n) is 4.10. The molecule has 0 bridgehead atoms. The van der Waals surface area contributed by atoms with Crippen LogP contribution in [-0.2, 0) is 13.0 Å². The lowest BCUT2D eigenvalue weighted by atomic mass is 10.2. The van der Waals surface area contributed by atoms with Crippen molar-refractivity contribution in [1.82, 2.24) is 10.3 Å². The lowest BCUT2D eigenvalue weighted by molar-refractivity contribution is 0.408. The summed E-state index contributed by atoms with van der Waals surface area (Å²) in [5.41, 5.74) is 4.25. The summed E-state index contributed by atoms with van der Waals surface area (Å²) in [6.45, 7) is 3.86. The Morgan fingerprint density at radius 2 is 2.17 bits per heavy atom. The molecule has 0 aliphatic carbocycles. The lowest BCUT2D eigenvalue weighted by Gasteiger charge is -2.09. The average molecular weight is 262 g/mol. The van der Waals surface area contributed by atoms with Crippen molar-refractivity contribution >= 4 is 11.3 Å². The number of hydrogen-bond acceptors (Lipinski definition) is 4. The van der Waals surface area contributed by atoms with E-state index in [1.165, 1.54) is 10.4 Å². The molecule has 3 nitrogen and oxygen atoms in total. The summed E-state index contributed by atoms with van der Waals surface area (Å²) in [7, 11) is 1.71. The van der Waals surface area contributed by atoms with E-state index in [1.807, 2.05) is 23.7 Å². The highest BCUT2D eigenvalue weighted by molar-refractivity contribution is 7.09. The number of para-hydroxylation sites is 1. The minimum atomic E-state index is 0.835. The number of nitrogens with zero attached hydrogens (tertiary/aromatic N) is 1. The molecule has 0 radical (unpaired) electrons. The third-order valence-corrected chi connectivity index (χ3v) is 3.88. The predicted octanol–water partition coefficient (Wildman–Crippen LogP) is 2.79. The zero-order chi connectivity index (χ0) is 12.8. The van der Waals surface area contributed by atoms with Crippen LogP contribution in [0.25, 0.3) is 0 Å². The second-order valence-corrected chi connectivity index (χ2v) is 5.04. The van der Waals surface area contributed by atoms with Crippen molar-refractivity contribution < 1.29 is 4.74 Å². The molecule has 0 unspecified atom stereocenters. The van der Waals surface area contributed by atoms with Crippen molar-refractivity contribution in [2.24, 2.45) is 0 Å². The summed E-state index contributed by atoms with van der Waals surface area (Å²) >= 11 is 1.73. The predicted molar refractivity (Wildman–Crippen MR) is 75.3 cm³/mol. The number of aromatic nitrogens is 1. The summed E-state index contributed by atoms with van der Waals surface area (Å²) < 4.78 is 5.32. The first-order valence-electron chi connectivity index (χ1n) is 6.03. The molecule has 0 spiro atoms. The first kappa shape index (κ1) is 13.1. The van der Waals surface area contributed by atoms with Gasteiger partial charge in [0.15, 0.2) is 0 Å². The van der Waals surface area contributed by atoms with Crippen LogP contribution in [0, 0.1) is 6.92 Å². The van der Waals surface area contributed by atoms with Crippen molar-refractivity contribution in [2.75, 3.05) is 13.7 Å². The smallest absolute Gasteiger partial charge is 0.123 e. The highest BCUT2D eigenvalue weighted by Gasteiger charge is 2.02. The van der Waals surface area contributed by atoms with E-state index in [-0.39, 0.29) is 0 Å². The Hall–Kier alpha value is -1.39. The standard InChI is InChI=1S/C14H18N2OS/c1-11-14(18-10-16-11)7-8-15-9-12-5-3-4-6-13(12)17-2/h3-6,10,15H,7-9H2,1-2H3. The van der Waals surface area contributed by atoms with E-state index in [9.17, 15) is 0 Å². The molecule has 1 aromatic heterocycles. The van der Waals surface area contributed by atoms with E-state index >= 15 is 0 Å². The first-order chi connectivity index (χ1) is 8.81. The van der Waals surface area contributed by atoms with E-state index in [4.69, 9.17) is 4.74 Å². The Balaban J connectivity index is 1.80. The molecule has 0 fully saturated rings. The van der Waals surface area contributed by atoms with Gasteiger partial charge in [-0.1, -0.05) is 18.2 Å². The van der Waals surface area contributed by atoms with Crippen LogP contribution >= 0.6 is 11.3 Å². The van der Waals surface area contributed by atoms with Gasteiger partial charge in [-0.3, -0.25) is 0 Å². The molecule has 0 saturated heterocycles. The van der Waals surface area contributed by atoms with Crippen LogP contribution in [0.3, 0.4) is 0 Å². The summed E-state index contributed by atoms with van der Waals surface area (Å²) in [6, 6.07) is 8.10. The third-order valence-electron chi connectivity index (χ3n) is 2.88. The number of thiazole rings is 1. The van der Waals surface area contributed by atoms with Gasteiger partial charge in [0.25, 0.3) is 0 Å².